The van der Waals surface area contributed by atoms with Crippen LogP contribution in [0.3, 0.4) is 0 Å². The van der Waals surface area contributed by atoms with Gasteiger partial charge in [-0.3, -0.25) is 0 Å². The van der Waals surface area contributed by atoms with Crippen molar-refractivity contribution in [3.05, 3.63) is 49.6 Å². The predicted octanol–water partition coefficient (Wildman–Crippen LogP) is 2.72. The van der Waals surface area contributed by atoms with E-state index in [4.69, 9.17) is 0 Å². The smallest absolute Gasteiger partial charge is 0.00446 e. The van der Waals surface area contributed by atoms with Crippen LogP contribution in [0.5, 0.6) is 0 Å². The van der Waals surface area contributed by atoms with Gasteiger partial charge in [0.1, 0.15) is 0 Å². The van der Waals surface area contributed by atoms with E-state index in [2.05, 4.69) is 25.3 Å². The zero-order valence-corrected chi connectivity index (χ0v) is 6.03. The molecule has 1 aliphatic carbocycles. The van der Waals surface area contributed by atoms with Crippen molar-refractivity contribution in [1.29, 1.82) is 0 Å². The second-order valence-electron chi connectivity index (χ2n) is 2.40. The van der Waals surface area contributed by atoms with E-state index in [0.717, 1.165) is 0 Å². The summed E-state index contributed by atoms with van der Waals surface area (Å²) in [6.07, 6.45) is 12.3. The lowest BCUT2D eigenvalue weighted by atomic mass is 9.89. The number of rotatable bonds is 2. The molecule has 0 saturated carbocycles. The molecule has 0 aromatic heterocycles. The molecule has 0 N–H and O–H groups in total. The van der Waals surface area contributed by atoms with Crippen LogP contribution in [0.25, 0.3) is 0 Å². The molecule has 0 heteroatoms. The normalized spacial score (nSPS) is 30.0. The van der Waals surface area contributed by atoms with Crippen molar-refractivity contribution in [3.63, 3.8) is 0 Å². The van der Waals surface area contributed by atoms with Crippen molar-refractivity contribution in [2.75, 3.05) is 0 Å². The van der Waals surface area contributed by atoms with Crippen LogP contribution in [0.15, 0.2) is 49.6 Å². The Balaban J connectivity index is 2.72. The molecule has 10 heavy (non-hydrogen) atoms. The molecule has 0 amide bonds. The largest absolute Gasteiger partial charge is 0.102 e. The third-order valence-electron chi connectivity index (χ3n) is 1.77. The molecule has 0 aromatic rings. The second-order valence-corrected chi connectivity index (χ2v) is 2.40. The Morgan fingerprint density at radius 1 is 0.900 bits per heavy atom. The van der Waals surface area contributed by atoms with Gasteiger partial charge in [-0.1, -0.05) is 36.5 Å². The minimum Gasteiger partial charge on any atom is -0.102 e. The molecular weight excluding hydrogens is 120 g/mol. The Morgan fingerprint density at radius 2 is 1.30 bits per heavy atom. The van der Waals surface area contributed by atoms with Crippen molar-refractivity contribution >= 4 is 0 Å². The molecule has 0 radical (unpaired) electrons. The highest BCUT2D eigenvalue weighted by Crippen LogP contribution is 2.20. The van der Waals surface area contributed by atoms with Crippen LogP contribution in [0.1, 0.15) is 0 Å². The van der Waals surface area contributed by atoms with E-state index in [1.807, 2.05) is 24.3 Å². The Labute approximate surface area is 62.3 Å². The van der Waals surface area contributed by atoms with Gasteiger partial charge < -0.3 is 0 Å². The van der Waals surface area contributed by atoms with Gasteiger partial charge in [0.25, 0.3) is 0 Å². The van der Waals surface area contributed by atoms with Crippen LogP contribution in [-0.2, 0) is 0 Å². The summed E-state index contributed by atoms with van der Waals surface area (Å²) >= 11 is 0. The van der Waals surface area contributed by atoms with Crippen LogP contribution in [0.4, 0.5) is 0 Å². The fraction of sp³-hybridized carbons (Fsp3) is 0.200. The van der Waals surface area contributed by atoms with Gasteiger partial charge in [0.05, 0.1) is 0 Å². The third kappa shape index (κ3) is 1.27. The SMILES string of the molecule is C=CC1C=CC=C[C@@H]1C=C. The van der Waals surface area contributed by atoms with Gasteiger partial charge in [-0.15, -0.1) is 13.2 Å². The van der Waals surface area contributed by atoms with Crippen LogP contribution in [-0.4, -0.2) is 0 Å². The van der Waals surface area contributed by atoms with E-state index >= 15 is 0 Å². The van der Waals surface area contributed by atoms with Crippen molar-refractivity contribution in [1.82, 2.24) is 0 Å². The van der Waals surface area contributed by atoms with E-state index in [1.165, 1.54) is 0 Å². The van der Waals surface area contributed by atoms with E-state index in [9.17, 15) is 0 Å². The molecule has 1 unspecified atom stereocenters. The zero-order valence-electron chi connectivity index (χ0n) is 6.03. The highest BCUT2D eigenvalue weighted by molar-refractivity contribution is 5.20. The van der Waals surface area contributed by atoms with Gasteiger partial charge >= 0.3 is 0 Å². The average molecular weight is 132 g/mol. The average Bonchev–Trinajstić information content (AvgIpc) is 2.04. The first-order chi connectivity index (χ1) is 4.88. The maximum atomic E-state index is 3.75. The minimum absolute atomic E-state index is 0.447. The van der Waals surface area contributed by atoms with Gasteiger partial charge in [-0.25, -0.2) is 0 Å². The summed E-state index contributed by atoms with van der Waals surface area (Å²) in [5.41, 5.74) is 0. The van der Waals surface area contributed by atoms with Gasteiger partial charge in [0, 0.05) is 11.8 Å². The topological polar surface area (TPSA) is 0 Å². The first-order valence-corrected chi connectivity index (χ1v) is 3.48. The number of allylic oxidation sites excluding steroid dienone is 6. The summed E-state index contributed by atoms with van der Waals surface area (Å²) in [6.45, 7) is 7.50. The molecule has 0 saturated heterocycles. The third-order valence-corrected chi connectivity index (χ3v) is 1.77. The highest BCUT2D eigenvalue weighted by Gasteiger charge is 2.10. The standard InChI is InChI=1S/C10H12/c1-3-9-7-5-6-8-10(9)4-2/h3-10H,1-2H2/t9-,10?/m0/s1. The predicted molar refractivity (Wildman–Crippen MR) is 45.7 cm³/mol. The van der Waals surface area contributed by atoms with E-state index < -0.39 is 0 Å². The first kappa shape index (κ1) is 7.07. The van der Waals surface area contributed by atoms with Gasteiger partial charge in [0.15, 0.2) is 0 Å². The molecule has 0 nitrogen and oxygen atoms in total. The van der Waals surface area contributed by atoms with E-state index in [-0.39, 0.29) is 0 Å². The van der Waals surface area contributed by atoms with Crippen molar-refractivity contribution in [3.8, 4) is 0 Å². The summed E-state index contributed by atoms with van der Waals surface area (Å²) in [5, 5.41) is 0. The Kier molecular flexibility index (Phi) is 2.27. The van der Waals surface area contributed by atoms with Crippen LogP contribution >= 0.6 is 0 Å². The van der Waals surface area contributed by atoms with Crippen molar-refractivity contribution in [2.24, 2.45) is 11.8 Å². The summed E-state index contributed by atoms with van der Waals surface area (Å²) < 4.78 is 0. The van der Waals surface area contributed by atoms with Crippen LogP contribution in [0.2, 0.25) is 0 Å². The molecule has 0 bridgehead atoms. The molecule has 0 fully saturated rings. The summed E-state index contributed by atoms with van der Waals surface area (Å²) in [5.74, 6) is 0.894. The van der Waals surface area contributed by atoms with E-state index in [1.54, 1.807) is 0 Å². The molecule has 0 spiro atoms. The molecular formula is C10H12. The quantitative estimate of drug-likeness (QED) is 0.507. The van der Waals surface area contributed by atoms with Gasteiger partial charge in [-0.05, 0) is 0 Å². The molecule has 1 rings (SSSR count). The summed E-state index contributed by atoms with van der Waals surface area (Å²) in [7, 11) is 0. The Hall–Kier alpha value is -1.04. The highest BCUT2D eigenvalue weighted by atomic mass is 14.1. The maximum Gasteiger partial charge on any atom is 0.00446 e. The minimum atomic E-state index is 0.447. The lowest BCUT2D eigenvalue weighted by molar-refractivity contribution is 0.670. The Morgan fingerprint density at radius 3 is 1.60 bits per heavy atom. The fourth-order valence-electron chi connectivity index (χ4n) is 1.11. The Bertz CT molecular complexity index is 162. The molecule has 0 heterocycles. The van der Waals surface area contributed by atoms with E-state index in [0.29, 0.717) is 11.8 Å². The fourth-order valence-corrected chi connectivity index (χ4v) is 1.11. The molecule has 1 aliphatic rings. The molecule has 2 atom stereocenters. The molecule has 0 aliphatic heterocycles. The molecule has 52 valence electrons. The lowest BCUT2D eigenvalue weighted by Gasteiger charge is -2.16. The summed E-state index contributed by atoms with van der Waals surface area (Å²) in [6, 6.07) is 0. The molecule has 0 aromatic carbocycles. The second kappa shape index (κ2) is 3.21. The summed E-state index contributed by atoms with van der Waals surface area (Å²) in [4.78, 5) is 0. The number of hydrogen-bond donors (Lipinski definition) is 0. The van der Waals surface area contributed by atoms with Gasteiger partial charge in [0.2, 0.25) is 0 Å². The zero-order chi connectivity index (χ0) is 7.40. The maximum absolute atomic E-state index is 3.75. The van der Waals surface area contributed by atoms with Crippen LogP contribution in [0, 0.1) is 11.8 Å². The lowest BCUT2D eigenvalue weighted by Crippen LogP contribution is -2.06. The van der Waals surface area contributed by atoms with Crippen molar-refractivity contribution < 1.29 is 0 Å². The first-order valence-electron chi connectivity index (χ1n) is 3.48. The van der Waals surface area contributed by atoms with Crippen molar-refractivity contribution in [2.45, 2.75) is 0 Å². The number of hydrogen-bond acceptors (Lipinski definition) is 0. The van der Waals surface area contributed by atoms with Gasteiger partial charge in [-0.2, -0.15) is 0 Å². The monoisotopic (exact) mass is 132 g/mol. The van der Waals surface area contributed by atoms with Crippen LogP contribution < -0.4 is 0 Å².